The summed E-state index contributed by atoms with van der Waals surface area (Å²) in [4.78, 5) is 16.2. The van der Waals surface area contributed by atoms with Crippen molar-refractivity contribution < 1.29 is 19.0 Å². The predicted octanol–water partition coefficient (Wildman–Crippen LogP) is 3.63. The van der Waals surface area contributed by atoms with Crippen LogP contribution >= 0.6 is 0 Å². The molecule has 0 amide bonds. The van der Waals surface area contributed by atoms with Crippen molar-refractivity contribution in [2.45, 2.75) is 6.61 Å². The van der Waals surface area contributed by atoms with Crippen LogP contribution in [0.2, 0.25) is 0 Å². The third kappa shape index (κ3) is 1.75. The summed E-state index contributed by atoms with van der Waals surface area (Å²) in [6.45, 7) is 0.133. The summed E-state index contributed by atoms with van der Waals surface area (Å²) in [5, 5.41) is 9.99. The number of aromatic carboxylic acids is 1. The van der Waals surface area contributed by atoms with E-state index < -0.39 is 11.8 Å². The number of carboxylic acids is 1. The Hall–Kier alpha value is -2.95. The summed E-state index contributed by atoms with van der Waals surface area (Å²) in [7, 11) is 0. The topological polar surface area (TPSA) is 59.4 Å². The van der Waals surface area contributed by atoms with E-state index in [1.807, 2.05) is 18.2 Å². The van der Waals surface area contributed by atoms with Gasteiger partial charge in [-0.3, -0.25) is 0 Å². The Balaban J connectivity index is 2.15. The number of hydrogen-bond acceptors (Lipinski definition) is 3. The zero-order chi connectivity index (χ0) is 15.3. The molecule has 4 nitrogen and oxygen atoms in total. The van der Waals surface area contributed by atoms with Gasteiger partial charge in [-0.1, -0.05) is 12.1 Å². The molecule has 2 aromatic carbocycles. The van der Waals surface area contributed by atoms with Crippen LogP contribution in [0, 0.1) is 5.82 Å². The molecule has 108 valence electrons. The molecular weight excluding hydrogens is 285 g/mol. The van der Waals surface area contributed by atoms with Gasteiger partial charge in [0.1, 0.15) is 18.2 Å². The van der Waals surface area contributed by atoms with Gasteiger partial charge in [0.15, 0.2) is 0 Å². The molecule has 22 heavy (non-hydrogen) atoms. The van der Waals surface area contributed by atoms with Crippen molar-refractivity contribution in [2.24, 2.45) is 0 Å². The molecule has 0 unspecified atom stereocenters. The van der Waals surface area contributed by atoms with Gasteiger partial charge in [0, 0.05) is 22.6 Å². The van der Waals surface area contributed by atoms with E-state index in [2.05, 4.69) is 4.98 Å². The average Bonchev–Trinajstić information content (AvgIpc) is 2.52. The first-order valence-electron chi connectivity index (χ1n) is 6.73. The quantitative estimate of drug-likeness (QED) is 0.744. The Morgan fingerprint density at radius 2 is 2.05 bits per heavy atom. The van der Waals surface area contributed by atoms with E-state index in [4.69, 9.17) is 4.74 Å². The zero-order valence-corrected chi connectivity index (χ0v) is 11.3. The van der Waals surface area contributed by atoms with Gasteiger partial charge in [0.25, 0.3) is 0 Å². The number of pyridine rings is 1. The highest BCUT2D eigenvalue weighted by Gasteiger charge is 2.26. The van der Waals surface area contributed by atoms with Gasteiger partial charge in [0.2, 0.25) is 0 Å². The van der Waals surface area contributed by atoms with E-state index in [1.165, 1.54) is 18.2 Å². The second-order valence-electron chi connectivity index (χ2n) is 5.07. The molecule has 1 N–H and O–H groups in total. The number of halogens is 1. The highest BCUT2D eigenvalue weighted by molar-refractivity contribution is 6.06. The molecule has 2 heterocycles. The maximum atomic E-state index is 13.5. The van der Waals surface area contributed by atoms with Crippen LogP contribution in [0.3, 0.4) is 0 Å². The van der Waals surface area contributed by atoms with Crippen LogP contribution in [-0.4, -0.2) is 16.1 Å². The molecule has 0 aliphatic carbocycles. The Morgan fingerprint density at radius 1 is 1.23 bits per heavy atom. The summed E-state index contributed by atoms with van der Waals surface area (Å²) in [5.41, 5.74) is 2.22. The molecule has 0 fully saturated rings. The maximum absolute atomic E-state index is 13.5. The average molecular weight is 295 g/mol. The lowest BCUT2D eigenvalue weighted by molar-refractivity contribution is 0.0696. The van der Waals surface area contributed by atoms with Crippen molar-refractivity contribution in [1.82, 2.24) is 4.98 Å². The lowest BCUT2D eigenvalue weighted by atomic mass is 9.95. The SMILES string of the molecule is O=C(O)c1c2c(nc3cc(F)ccc13)-c1ccccc1OC2. The monoisotopic (exact) mass is 295 g/mol. The molecule has 0 radical (unpaired) electrons. The van der Waals surface area contributed by atoms with Crippen LogP contribution in [0.5, 0.6) is 5.75 Å². The van der Waals surface area contributed by atoms with Gasteiger partial charge in [-0.15, -0.1) is 0 Å². The summed E-state index contributed by atoms with van der Waals surface area (Å²) < 4.78 is 19.1. The van der Waals surface area contributed by atoms with Crippen molar-refractivity contribution in [3.8, 4) is 17.0 Å². The number of fused-ring (bicyclic) bond motifs is 4. The second kappa shape index (κ2) is 4.53. The molecule has 1 aliphatic rings. The molecular formula is C17H10FNO3. The fourth-order valence-electron chi connectivity index (χ4n) is 2.82. The van der Waals surface area contributed by atoms with Crippen LogP contribution in [-0.2, 0) is 6.61 Å². The summed E-state index contributed by atoms with van der Waals surface area (Å²) in [6, 6.07) is 11.2. The fraction of sp³-hybridized carbons (Fsp3) is 0.0588. The van der Waals surface area contributed by atoms with Crippen LogP contribution in [0.25, 0.3) is 22.2 Å². The Kier molecular flexibility index (Phi) is 2.63. The highest BCUT2D eigenvalue weighted by Crippen LogP contribution is 2.39. The minimum Gasteiger partial charge on any atom is -0.488 e. The Morgan fingerprint density at radius 3 is 2.86 bits per heavy atom. The Labute approximate surface area is 124 Å². The minimum absolute atomic E-state index is 0.120. The van der Waals surface area contributed by atoms with Gasteiger partial charge < -0.3 is 9.84 Å². The molecule has 0 bridgehead atoms. The molecule has 3 aromatic rings. The molecule has 1 aromatic heterocycles. The van der Waals surface area contributed by atoms with Crippen molar-refractivity contribution in [1.29, 1.82) is 0 Å². The third-order valence-electron chi connectivity index (χ3n) is 3.78. The number of hydrogen-bond donors (Lipinski definition) is 1. The molecule has 1 aliphatic heterocycles. The second-order valence-corrected chi connectivity index (χ2v) is 5.07. The number of carbonyl (C=O) groups is 1. The minimum atomic E-state index is -1.07. The number of ether oxygens (including phenoxy) is 1. The van der Waals surface area contributed by atoms with Crippen molar-refractivity contribution in [2.75, 3.05) is 0 Å². The lowest BCUT2D eigenvalue weighted by Gasteiger charge is -2.22. The van der Waals surface area contributed by atoms with E-state index in [-0.39, 0.29) is 12.2 Å². The predicted molar refractivity (Wildman–Crippen MR) is 78.4 cm³/mol. The van der Waals surface area contributed by atoms with Crippen LogP contribution in [0.15, 0.2) is 42.5 Å². The first-order valence-corrected chi connectivity index (χ1v) is 6.73. The third-order valence-corrected chi connectivity index (χ3v) is 3.78. The van der Waals surface area contributed by atoms with Gasteiger partial charge >= 0.3 is 5.97 Å². The summed E-state index contributed by atoms with van der Waals surface area (Å²) in [5.74, 6) is -0.871. The van der Waals surface area contributed by atoms with Crippen molar-refractivity contribution in [3.63, 3.8) is 0 Å². The highest BCUT2D eigenvalue weighted by atomic mass is 19.1. The first kappa shape index (κ1) is 12.8. The van der Waals surface area contributed by atoms with Crippen LogP contribution in [0.4, 0.5) is 4.39 Å². The fourth-order valence-corrected chi connectivity index (χ4v) is 2.82. The molecule has 0 atom stereocenters. The normalized spacial score (nSPS) is 12.4. The van der Waals surface area contributed by atoms with Crippen LogP contribution in [0.1, 0.15) is 15.9 Å². The maximum Gasteiger partial charge on any atom is 0.336 e. The number of nitrogens with zero attached hydrogens (tertiary/aromatic N) is 1. The smallest absolute Gasteiger partial charge is 0.336 e. The van der Waals surface area contributed by atoms with E-state index in [1.54, 1.807) is 6.07 Å². The van der Waals surface area contributed by atoms with E-state index in [0.717, 1.165) is 5.56 Å². The molecule has 4 rings (SSSR count). The number of benzene rings is 2. The van der Waals surface area contributed by atoms with Gasteiger partial charge in [0.05, 0.1) is 16.8 Å². The van der Waals surface area contributed by atoms with Gasteiger partial charge in [-0.25, -0.2) is 14.2 Å². The van der Waals surface area contributed by atoms with E-state index >= 15 is 0 Å². The standard InChI is InChI=1S/C17H10FNO3/c18-9-5-6-10-13(7-9)19-16-11-3-1-2-4-14(11)22-8-12(16)15(10)17(20)21/h1-7H,8H2,(H,20,21). The van der Waals surface area contributed by atoms with Gasteiger partial charge in [-0.2, -0.15) is 0 Å². The molecule has 0 saturated heterocycles. The number of carboxylic acid groups (broad SMARTS) is 1. The van der Waals surface area contributed by atoms with E-state index in [0.29, 0.717) is 27.9 Å². The lowest BCUT2D eigenvalue weighted by Crippen LogP contribution is -2.14. The van der Waals surface area contributed by atoms with Crippen molar-refractivity contribution in [3.05, 3.63) is 59.4 Å². The number of aromatic nitrogens is 1. The zero-order valence-electron chi connectivity index (χ0n) is 11.3. The number of rotatable bonds is 1. The molecule has 5 heteroatoms. The first-order chi connectivity index (χ1) is 10.6. The molecule has 0 saturated carbocycles. The Bertz CT molecular complexity index is 937. The van der Waals surface area contributed by atoms with E-state index in [9.17, 15) is 14.3 Å². The largest absolute Gasteiger partial charge is 0.488 e. The molecule has 0 spiro atoms. The van der Waals surface area contributed by atoms with Crippen molar-refractivity contribution >= 4 is 16.9 Å². The number of para-hydroxylation sites is 1. The summed E-state index contributed by atoms with van der Waals surface area (Å²) in [6.07, 6.45) is 0. The van der Waals surface area contributed by atoms with Crippen LogP contribution < -0.4 is 4.74 Å². The van der Waals surface area contributed by atoms with Gasteiger partial charge in [-0.05, 0) is 24.3 Å². The summed E-state index contributed by atoms with van der Waals surface area (Å²) >= 11 is 0.